The maximum Gasteiger partial charge on any atom is 0.260 e. The smallest absolute Gasteiger partial charge is 0.260 e. The Labute approximate surface area is 154 Å². The van der Waals surface area contributed by atoms with E-state index in [4.69, 9.17) is 4.74 Å². The number of benzene rings is 1. The zero-order chi connectivity index (χ0) is 18.7. The summed E-state index contributed by atoms with van der Waals surface area (Å²) in [4.78, 5) is 28.8. The second-order valence-electron chi connectivity index (χ2n) is 7.47. The highest BCUT2D eigenvalue weighted by atomic mass is 19.1. The molecule has 0 bridgehead atoms. The molecule has 0 aromatic heterocycles. The molecule has 0 aliphatic carbocycles. The van der Waals surface area contributed by atoms with E-state index in [1.807, 2.05) is 9.80 Å². The normalized spacial score (nSPS) is 26.0. The van der Waals surface area contributed by atoms with Crippen molar-refractivity contribution in [3.8, 4) is 5.75 Å². The van der Waals surface area contributed by atoms with Crippen LogP contribution in [0.1, 0.15) is 46.0 Å². The first kappa shape index (κ1) is 18.7. The standard InChI is InChI=1S/C20H27FN2O3/c1-15(24)23-12-5-3-4-6-18-20(23,2)11-13-22(18)19(25)14-26-17-9-7-16(21)8-10-17/h7-10,18H,3-6,11-14H2,1-2H3/t18-,20-/m0/s1. The van der Waals surface area contributed by atoms with Crippen LogP contribution in [0, 0.1) is 5.82 Å². The minimum Gasteiger partial charge on any atom is -0.484 e. The summed E-state index contributed by atoms with van der Waals surface area (Å²) >= 11 is 0. The molecule has 0 unspecified atom stereocenters. The molecule has 1 aromatic carbocycles. The van der Waals surface area contributed by atoms with Gasteiger partial charge in [0.05, 0.1) is 11.6 Å². The van der Waals surface area contributed by atoms with E-state index in [1.165, 1.54) is 24.3 Å². The number of carbonyl (C=O) groups is 2. The molecule has 2 saturated heterocycles. The van der Waals surface area contributed by atoms with Crippen LogP contribution in [0.25, 0.3) is 0 Å². The fourth-order valence-corrected chi connectivity index (χ4v) is 4.40. The first-order chi connectivity index (χ1) is 12.4. The third-order valence-corrected chi connectivity index (χ3v) is 5.81. The van der Waals surface area contributed by atoms with Gasteiger partial charge in [-0.05, 0) is 50.5 Å². The van der Waals surface area contributed by atoms with Crippen LogP contribution in [0.2, 0.25) is 0 Å². The van der Waals surface area contributed by atoms with E-state index < -0.39 is 0 Å². The molecule has 3 rings (SSSR count). The van der Waals surface area contributed by atoms with Crippen LogP contribution in [0.15, 0.2) is 24.3 Å². The Kier molecular flexibility index (Phi) is 5.49. The first-order valence-electron chi connectivity index (χ1n) is 9.38. The summed E-state index contributed by atoms with van der Waals surface area (Å²) in [6, 6.07) is 5.68. The van der Waals surface area contributed by atoms with Crippen LogP contribution in [0.3, 0.4) is 0 Å². The number of hydrogen-bond acceptors (Lipinski definition) is 3. The van der Waals surface area contributed by atoms with Crippen LogP contribution < -0.4 is 4.74 Å². The highest BCUT2D eigenvalue weighted by molar-refractivity contribution is 5.79. The Morgan fingerprint density at radius 1 is 1.19 bits per heavy atom. The number of halogens is 1. The lowest BCUT2D eigenvalue weighted by Gasteiger charge is -2.45. The molecule has 2 fully saturated rings. The van der Waals surface area contributed by atoms with Gasteiger partial charge in [-0.15, -0.1) is 0 Å². The van der Waals surface area contributed by atoms with Gasteiger partial charge in [0.1, 0.15) is 11.6 Å². The van der Waals surface area contributed by atoms with E-state index in [2.05, 4.69) is 6.92 Å². The Morgan fingerprint density at radius 3 is 2.62 bits per heavy atom. The van der Waals surface area contributed by atoms with Crippen LogP contribution in [-0.2, 0) is 9.59 Å². The van der Waals surface area contributed by atoms with Crippen molar-refractivity contribution in [3.05, 3.63) is 30.1 Å². The summed E-state index contributed by atoms with van der Waals surface area (Å²) in [5, 5.41) is 0. The van der Waals surface area contributed by atoms with Gasteiger partial charge in [0.25, 0.3) is 5.91 Å². The molecule has 6 heteroatoms. The Hall–Kier alpha value is -2.11. The molecule has 0 saturated carbocycles. The van der Waals surface area contributed by atoms with Crippen LogP contribution in [-0.4, -0.2) is 52.9 Å². The Bertz CT molecular complexity index is 664. The molecule has 0 spiro atoms. The molecule has 2 aliphatic rings. The maximum absolute atomic E-state index is 13.0. The lowest BCUT2D eigenvalue weighted by atomic mass is 9.85. The fraction of sp³-hybridized carbons (Fsp3) is 0.600. The van der Waals surface area contributed by atoms with E-state index in [1.54, 1.807) is 6.92 Å². The van der Waals surface area contributed by atoms with E-state index >= 15 is 0 Å². The van der Waals surface area contributed by atoms with E-state index in [0.717, 1.165) is 38.6 Å². The largest absolute Gasteiger partial charge is 0.484 e. The first-order valence-corrected chi connectivity index (χ1v) is 9.38. The highest BCUT2D eigenvalue weighted by Crippen LogP contribution is 2.38. The third kappa shape index (κ3) is 3.69. The van der Waals surface area contributed by atoms with Gasteiger partial charge in [-0.2, -0.15) is 0 Å². The molecular formula is C20H27FN2O3. The van der Waals surface area contributed by atoms with Gasteiger partial charge in [-0.3, -0.25) is 9.59 Å². The minimum absolute atomic E-state index is 0.0241. The van der Waals surface area contributed by atoms with Gasteiger partial charge in [0, 0.05) is 20.0 Å². The molecule has 0 N–H and O–H groups in total. The van der Waals surface area contributed by atoms with Gasteiger partial charge >= 0.3 is 0 Å². The molecule has 1 aromatic rings. The summed E-state index contributed by atoms with van der Waals surface area (Å²) in [5.41, 5.74) is -0.308. The molecule has 2 amide bonds. The van der Waals surface area contributed by atoms with Gasteiger partial charge in [0.2, 0.25) is 5.91 Å². The molecule has 2 aliphatic heterocycles. The van der Waals surface area contributed by atoms with Crippen molar-refractivity contribution in [2.24, 2.45) is 0 Å². The average molecular weight is 362 g/mol. The number of fused-ring (bicyclic) bond motifs is 1. The van der Waals surface area contributed by atoms with Crippen molar-refractivity contribution < 1.29 is 18.7 Å². The molecule has 0 radical (unpaired) electrons. The predicted molar refractivity (Wildman–Crippen MR) is 96.3 cm³/mol. The molecule has 26 heavy (non-hydrogen) atoms. The van der Waals surface area contributed by atoms with E-state index in [9.17, 15) is 14.0 Å². The highest BCUT2D eigenvalue weighted by Gasteiger charge is 2.50. The fourth-order valence-electron chi connectivity index (χ4n) is 4.40. The van der Waals surface area contributed by atoms with Gasteiger partial charge in [0.15, 0.2) is 6.61 Å². The number of amides is 2. The molecule has 5 nitrogen and oxygen atoms in total. The van der Waals surface area contributed by atoms with Crippen LogP contribution in [0.4, 0.5) is 4.39 Å². The molecule has 2 atom stereocenters. The van der Waals surface area contributed by atoms with Crippen LogP contribution in [0.5, 0.6) is 5.75 Å². The second kappa shape index (κ2) is 7.64. The Balaban J connectivity index is 1.70. The summed E-state index contributed by atoms with van der Waals surface area (Å²) < 4.78 is 18.5. The summed E-state index contributed by atoms with van der Waals surface area (Å²) in [6.07, 6.45) is 4.85. The summed E-state index contributed by atoms with van der Waals surface area (Å²) in [5.74, 6) is 0.144. The van der Waals surface area contributed by atoms with Gasteiger partial charge in [-0.1, -0.05) is 12.8 Å². The predicted octanol–water partition coefficient (Wildman–Crippen LogP) is 2.99. The monoisotopic (exact) mass is 362 g/mol. The van der Waals surface area contributed by atoms with Crippen molar-refractivity contribution >= 4 is 11.8 Å². The van der Waals surface area contributed by atoms with Crippen molar-refractivity contribution in [3.63, 3.8) is 0 Å². The minimum atomic E-state index is -0.335. The maximum atomic E-state index is 13.0. The molecular weight excluding hydrogens is 335 g/mol. The third-order valence-electron chi connectivity index (χ3n) is 5.81. The number of hydrogen-bond donors (Lipinski definition) is 0. The van der Waals surface area contributed by atoms with E-state index in [-0.39, 0.29) is 35.8 Å². The summed E-state index contributed by atoms with van der Waals surface area (Å²) in [6.45, 7) is 5.05. The SMILES string of the molecule is CC(=O)N1CCCCC[C@@H]2N(C(=O)COc3ccc(F)cc3)CC[C@@]21C. The number of likely N-dealkylation sites (tertiary alicyclic amines) is 2. The van der Waals surface area contributed by atoms with Crippen molar-refractivity contribution in [2.45, 2.75) is 57.5 Å². The zero-order valence-electron chi connectivity index (χ0n) is 15.5. The number of nitrogens with zero attached hydrogens (tertiary/aromatic N) is 2. The lowest BCUT2D eigenvalue weighted by molar-refractivity contribution is -0.141. The van der Waals surface area contributed by atoms with Crippen molar-refractivity contribution in [2.75, 3.05) is 19.7 Å². The quantitative estimate of drug-likeness (QED) is 0.831. The van der Waals surface area contributed by atoms with Crippen molar-refractivity contribution in [1.82, 2.24) is 9.80 Å². The van der Waals surface area contributed by atoms with E-state index in [0.29, 0.717) is 12.3 Å². The van der Waals surface area contributed by atoms with Gasteiger partial charge in [-0.25, -0.2) is 4.39 Å². The topological polar surface area (TPSA) is 49.9 Å². The van der Waals surface area contributed by atoms with Crippen LogP contribution >= 0.6 is 0 Å². The Morgan fingerprint density at radius 2 is 1.92 bits per heavy atom. The van der Waals surface area contributed by atoms with Gasteiger partial charge < -0.3 is 14.5 Å². The summed E-state index contributed by atoms with van der Waals surface area (Å²) in [7, 11) is 0. The lowest BCUT2D eigenvalue weighted by Crippen LogP contribution is -2.58. The number of carbonyl (C=O) groups excluding carboxylic acids is 2. The average Bonchev–Trinajstić information content (AvgIpc) is 2.91. The molecule has 2 heterocycles. The number of rotatable bonds is 3. The molecule has 142 valence electrons. The number of ether oxygens (including phenoxy) is 1. The zero-order valence-corrected chi connectivity index (χ0v) is 15.5. The second-order valence-corrected chi connectivity index (χ2v) is 7.47. The van der Waals surface area contributed by atoms with Crippen molar-refractivity contribution in [1.29, 1.82) is 0 Å².